The fourth-order valence-corrected chi connectivity index (χ4v) is 3.02. The zero-order chi connectivity index (χ0) is 19.0. The molecule has 8 nitrogen and oxygen atoms in total. The average Bonchev–Trinajstić information content (AvgIpc) is 2.96. The van der Waals surface area contributed by atoms with Crippen LogP contribution in [0.25, 0.3) is 16.6 Å². The average molecular weight is 383 g/mol. The number of hydrogen-bond acceptors (Lipinski definition) is 5. The second-order valence-electron chi connectivity index (χ2n) is 6.05. The summed E-state index contributed by atoms with van der Waals surface area (Å²) in [6, 6.07) is 10.5. The smallest absolute Gasteiger partial charge is 0.277 e. The molecule has 4 rings (SSSR count). The van der Waals surface area contributed by atoms with Gasteiger partial charge in [0.15, 0.2) is 0 Å². The van der Waals surface area contributed by atoms with Crippen molar-refractivity contribution in [2.24, 2.45) is 0 Å². The van der Waals surface area contributed by atoms with Gasteiger partial charge in [-0.2, -0.15) is 0 Å². The molecule has 0 aliphatic heterocycles. The number of imidazole rings is 1. The van der Waals surface area contributed by atoms with Crippen LogP contribution in [0.2, 0.25) is 5.02 Å². The number of aryl methyl sites for hydroxylation is 2. The Bertz CT molecular complexity index is 1230. The highest BCUT2D eigenvalue weighted by Gasteiger charge is 2.13. The summed E-state index contributed by atoms with van der Waals surface area (Å²) >= 11 is 6.03. The van der Waals surface area contributed by atoms with E-state index in [2.05, 4.69) is 20.6 Å². The van der Waals surface area contributed by atoms with Crippen LogP contribution >= 0.6 is 11.6 Å². The standard InChI is InChI=1S/C18H15ClN6O2/c1-11-17(24-10-12(19)6-7-15(24)20-11)21-16(26)8-9-25-18(27)13-4-2-3-5-14(13)22-23-25/h2-7,10H,8-9H2,1H3,(H,21,26). The van der Waals surface area contributed by atoms with E-state index in [1.54, 1.807) is 53.9 Å². The van der Waals surface area contributed by atoms with Gasteiger partial charge in [-0.1, -0.05) is 28.9 Å². The molecule has 0 aliphatic carbocycles. The van der Waals surface area contributed by atoms with Crippen molar-refractivity contribution in [3.63, 3.8) is 0 Å². The van der Waals surface area contributed by atoms with E-state index in [9.17, 15) is 9.59 Å². The zero-order valence-corrected chi connectivity index (χ0v) is 15.1. The third kappa shape index (κ3) is 3.26. The second-order valence-corrected chi connectivity index (χ2v) is 6.49. The van der Waals surface area contributed by atoms with Crippen LogP contribution in [0, 0.1) is 6.92 Å². The number of amides is 1. The van der Waals surface area contributed by atoms with Crippen LogP contribution in [0.3, 0.4) is 0 Å². The molecular formula is C18H15ClN6O2. The summed E-state index contributed by atoms with van der Waals surface area (Å²) in [6.45, 7) is 1.93. The molecule has 0 aliphatic rings. The fraction of sp³-hybridized carbons (Fsp3) is 0.167. The number of rotatable bonds is 4. The van der Waals surface area contributed by atoms with E-state index in [4.69, 9.17) is 11.6 Å². The molecular weight excluding hydrogens is 368 g/mol. The Balaban J connectivity index is 1.53. The Kier molecular flexibility index (Phi) is 4.33. The van der Waals surface area contributed by atoms with Crippen LogP contribution in [0.4, 0.5) is 5.82 Å². The maximum atomic E-state index is 12.4. The minimum atomic E-state index is -0.272. The number of carbonyl (C=O) groups is 1. The molecule has 1 amide bonds. The lowest BCUT2D eigenvalue weighted by Crippen LogP contribution is -2.26. The van der Waals surface area contributed by atoms with Gasteiger partial charge in [0.25, 0.3) is 5.56 Å². The summed E-state index contributed by atoms with van der Waals surface area (Å²) in [6.07, 6.45) is 1.76. The highest BCUT2D eigenvalue weighted by molar-refractivity contribution is 6.30. The van der Waals surface area contributed by atoms with E-state index in [-0.39, 0.29) is 24.4 Å². The van der Waals surface area contributed by atoms with Crippen LogP contribution in [-0.2, 0) is 11.3 Å². The van der Waals surface area contributed by atoms with Gasteiger partial charge in [0.2, 0.25) is 5.91 Å². The minimum absolute atomic E-state index is 0.0696. The van der Waals surface area contributed by atoms with Gasteiger partial charge in [0, 0.05) is 12.6 Å². The van der Waals surface area contributed by atoms with Crippen molar-refractivity contribution in [3.8, 4) is 0 Å². The van der Waals surface area contributed by atoms with E-state index in [0.29, 0.717) is 33.1 Å². The fourth-order valence-electron chi connectivity index (χ4n) is 2.86. The first kappa shape index (κ1) is 17.2. The molecule has 0 saturated heterocycles. The number of fused-ring (bicyclic) bond motifs is 2. The molecule has 0 bridgehead atoms. The van der Waals surface area contributed by atoms with Gasteiger partial charge in [0.1, 0.15) is 17.0 Å². The van der Waals surface area contributed by atoms with Crippen LogP contribution in [0.5, 0.6) is 0 Å². The molecule has 4 aromatic rings. The summed E-state index contributed by atoms with van der Waals surface area (Å²) in [5.74, 6) is 0.288. The number of anilines is 1. The molecule has 136 valence electrons. The highest BCUT2D eigenvalue weighted by atomic mass is 35.5. The number of nitrogens with zero attached hydrogens (tertiary/aromatic N) is 5. The van der Waals surface area contributed by atoms with Crippen LogP contribution in [0.1, 0.15) is 12.1 Å². The molecule has 0 spiro atoms. The van der Waals surface area contributed by atoms with Crippen molar-refractivity contribution in [1.82, 2.24) is 24.4 Å². The van der Waals surface area contributed by atoms with E-state index in [1.165, 1.54) is 4.68 Å². The van der Waals surface area contributed by atoms with Gasteiger partial charge in [-0.05, 0) is 31.2 Å². The van der Waals surface area contributed by atoms with E-state index in [0.717, 1.165) is 0 Å². The van der Waals surface area contributed by atoms with Crippen molar-refractivity contribution in [1.29, 1.82) is 0 Å². The predicted molar refractivity (Wildman–Crippen MR) is 102 cm³/mol. The largest absolute Gasteiger partial charge is 0.310 e. The van der Waals surface area contributed by atoms with E-state index in [1.807, 2.05) is 0 Å². The quantitative estimate of drug-likeness (QED) is 0.585. The van der Waals surface area contributed by atoms with Crippen LogP contribution in [-0.4, -0.2) is 30.3 Å². The maximum absolute atomic E-state index is 12.4. The minimum Gasteiger partial charge on any atom is -0.310 e. The van der Waals surface area contributed by atoms with Gasteiger partial charge in [-0.15, -0.1) is 5.10 Å². The Morgan fingerprint density at radius 3 is 2.89 bits per heavy atom. The summed E-state index contributed by atoms with van der Waals surface area (Å²) in [7, 11) is 0. The molecule has 9 heteroatoms. The van der Waals surface area contributed by atoms with E-state index < -0.39 is 0 Å². The number of halogens is 1. The summed E-state index contributed by atoms with van der Waals surface area (Å²) < 4.78 is 2.91. The molecule has 0 radical (unpaired) electrons. The van der Waals surface area contributed by atoms with E-state index >= 15 is 0 Å². The van der Waals surface area contributed by atoms with Crippen molar-refractivity contribution in [3.05, 3.63) is 63.7 Å². The topological polar surface area (TPSA) is 94.2 Å². The molecule has 3 aromatic heterocycles. The Hall–Kier alpha value is -3.26. The van der Waals surface area contributed by atoms with Crippen molar-refractivity contribution in [2.75, 3.05) is 5.32 Å². The molecule has 0 unspecified atom stereocenters. The predicted octanol–water partition coefficient (Wildman–Crippen LogP) is 2.43. The lowest BCUT2D eigenvalue weighted by atomic mass is 10.2. The van der Waals surface area contributed by atoms with Crippen molar-refractivity contribution < 1.29 is 4.79 Å². The van der Waals surface area contributed by atoms with Crippen LogP contribution in [0.15, 0.2) is 47.4 Å². The zero-order valence-electron chi connectivity index (χ0n) is 14.4. The van der Waals surface area contributed by atoms with Gasteiger partial charge in [-0.3, -0.25) is 14.0 Å². The SMILES string of the molecule is Cc1nc2ccc(Cl)cn2c1NC(=O)CCn1nnc2ccccc2c1=O. The molecule has 0 atom stereocenters. The third-order valence-electron chi connectivity index (χ3n) is 4.19. The normalized spacial score (nSPS) is 11.2. The molecule has 27 heavy (non-hydrogen) atoms. The first-order valence-corrected chi connectivity index (χ1v) is 8.67. The number of nitrogens with one attached hydrogen (secondary N) is 1. The van der Waals surface area contributed by atoms with Crippen molar-refractivity contribution >= 4 is 39.9 Å². The van der Waals surface area contributed by atoms with Gasteiger partial charge in [-0.25, -0.2) is 9.67 Å². The summed E-state index contributed by atoms with van der Waals surface area (Å²) in [5, 5.41) is 11.7. The molecule has 3 heterocycles. The monoisotopic (exact) mass is 382 g/mol. The van der Waals surface area contributed by atoms with Gasteiger partial charge < -0.3 is 5.32 Å². The Morgan fingerprint density at radius 1 is 1.22 bits per heavy atom. The van der Waals surface area contributed by atoms with Gasteiger partial charge >= 0.3 is 0 Å². The molecule has 0 saturated carbocycles. The second kappa shape index (κ2) is 6.81. The highest BCUT2D eigenvalue weighted by Crippen LogP contribution is 2.20. The number of pyridine rings is 1. The first-order chi connectivity index (χ1) is 13.0. The number of hydrogen-bond donors (Lipinski definition) is 1. The number of carbonyl (C=O) groups excluding carboxylic acids is 1. The Morgan fingerprint density at radius 2 is 2.04 bits per heavy atom. The summed E-state index contributed by atoms with van der Waals surface area (Å²) in [4.78, 5) is 29.2. The lowest BCUT2D eigenvalue weighted by molar-refractivity contribution is -0.116. The lowest BCUT2D eigenvalue weighted by Gasteiger charge is -2.07. The first-order valence-electron chi connectivity index (χ1n) is 8.29. The van der Waals surface area contributed by atoms with Crippen LogP contribution < -0.4 is 10.9 Å². The third-order valence-corrected chi connectivity index (χ3v) is 4.42. The number of benzene rings is 1. The van der Waals surface area contributed by atoms with Crippen molar-refractivity contribution in [2.45, 2.75) is 19.9 Å². The Labute approximate surface area is 158 Å². The molecule has 0 fully saturated rings. The van der Waals surface area contributed by atoms with Gasteiger partial charge in [0.05, 0.1) is 22.6 Å². The molecule has 1 N–H and O–H groups in total. The maximum Gasteiger partial charge on any atom is 0.277 e. The summed E-state index contributed by atoms with van der Waals surface area (Å²) in [5.41, 5.74) is 1.62. The number of aromatic nitrogens is 5. The molecule has 1 aromatic carbocycles.